The first-order valence-electron chi connectivity index (χ1n) is 5.16. The van der Waals surface area contributed by atoms with Crippen LogP contribution in [0.5, 0.6) is 5.75 Å². The summed E-state index contributed by atoms with van der Waals surface area (Å²) in [5, 5.41) is 11.7. The molecule has 0 aliphatic heterocycles. The fourth-order valence-corrected chi connectivity index (χ4v) is 1.61. The maximum atomic E-state index is 7.58. The van der Waals surface area contributed by atoms with Gasteiger partial charge in [-0.05, 0) is 19.1 Å². The number of amidine groups is 1. The molecule has 0 fully saturated rings. The number of nitrogens with two attached hydrogens (primary N) is 1. The second-order valence-electron chi connectivity index (χ2n) is 3.76. The number of hydrogen-bond donors (Lipinski definition) is 2. The zero-order valence-corrected chi connectivity index (χ0v) is 9.77. The summed E-state index contributed by atoms with van der Waals surface area (Å²) in [4.78, 5) is 0. The van der Waals surface area contributed by atoms with E-state index in [4.69, 9.17) is 15.9 Å². The van der Waals surface area contributed by atoms with E-state index in [2.05, 4.69) is 5.10 Å². The summed E-state index contributed by atoms with van der Waals surface area (Å²) in [5.74, 6) is 0.693. The molecule has 17 heavy (non-hydrogen) atoms. The molecule has 3 N–H and O–H groups in total. The van der Waals surface area contributed by atoms with Crippen LogP contribution in [0.15, 0.2) is 30.6 Å². The van der Waals surface area contributed by atoms with Crippen molar-refractivity contribution in [2.24, 2.45) is 5.73 Å². The molecule has 0 spiro atoms. The van der Waals surface area contributed by atoms with Crippen LogP contribution in [0.3, 0.4) is 0 Å². The lowest BCUT2D eigenvalue weighted by Gasteiger charge is -2.08. The summed E-state index contributed by atoms with van der Waals surface area (Å²) in [7, 11) is 1.59. The number of hydrogen-bond acceptors (Lipinski definition) is 3. The Kier molecular flexibility index (Phi) is 2.82. The summed E-state index contributed by atoms with van der Waals surface area (Å²) in [6.07, 6.45) is 3.36. The molecular weight excluding hydrogens is 216 g/mol. The number of nitrogens with zero attached hydrogens (tertiary/aromatic N) is 2. The average Bonchev–Trinajstić information content (AvgIpc) is 2.77. The Balaban J connectivity index is 2.54. The molecular formula is C12H14N4O. The second-order valence-corrected chi connectivity index (χ2v) is 3.76. The Morgan fingerprint density at radius 2 is 2.24 bits per heavy atom. The summed E-state index contributed by atoms with van der Waals surface area (Å²) in [6, 6.07) is 5.71. The highest BCUT2D eigenvalue weighted by atomic mass is 16.5. The Morgan fingerprint density at radius 1 is 1.47 bits per heavy atom. The maximum Gasteiger partial charge on any atom is 0.157 e. The van der Waals surface area contributed by atoms with Crippen LogP contribution in [0.4, 0.5) is 0 Å². The van der Waals surface area contributed by atoms with Crippen LogP contribution in [-0.2, 0) is 0 Å². The SMILES string of the molecule is COc1cnn(-c2ccc(C)cc2C(=N)N)c1. The summed E-state index contributed by atoms with van der Waals surface area (Å²) < 4.78 is 6.72. The number of aryl methyl sites for hydroxylation is 1. The molecule has 0 radical (unpaired) electrons. The number of nitrogens with one attached hydrogen (secondary N) is 1. The Morgan fingerprint density at radius 3 is 2.82 bits per heavy atom. The van der Waals surface area contributed by atoms with Gasteiger partial charge in [0.05, 0.1) is 25.2 Å². The van der Waals surface area contributed by atoms with E-state index in [0.29, 0.717) is 11.3 Å². The minimum atomic E-state index is 0.0261. The number of aromatic nitrogens is 2. The van der Waals surface area contributed by atoms with Crippen LogP contribution >= 0.6 is 0 Å². The van der Waals surface area contributed by atoms with Crippen molar-refractivity contribution in [1.29, 1.82) is 5.41 Å². The van der Waals surface area contributed by atoms with E-state index >= 15 is 0 Å². The zero-order valence-electron chi connectivity index (χ0n) is 9.77. The van der Waals surface area contributed by atoms with E-state index in [1.54, 1.807) is 24.2 Å². The summed E-state index contributed by atoms with van der Waals surface area (Å²) in [6.45, 7) is 1.96. The Bertz CT molecular complexity index is 559. The van der Waals surface area contributed by atoms with Gasteiger partial charge in [0.15, 0.2) is 5.75 Å². The van der Waals surface area contributed by atoms with Crippen molar-refractivity contribution in [3.8, 4) is 11.4 Å². The predicted molar refractivity (Wildman–Crippen MR) is 65.9 cm³/mol. The fraction of sp³-hybridized carbons (Fsp3) is 0.167. The highest BCUT2D eigenvalue weighted by molar-refractivity contribution is 5.98. The number of rotatable bonds is 3. The van der Waals surface area contributed by atoms with Crippen molar-refractivity contribution < 1.29 is 4.74 Å². The topological polar surface area (TPSA) is 76.9 Å². The summed E-state index contributed by atoms with van der Waals surface area (Å²) in [5.41, 5.74) is 8.06. The lowest BCUT2D eigenvalue weighted by molar-refractivity contribution is 0.414. The summed E-state index contributed by atoms with van der Waals surface area (Å²) >= 11 is 0. The van der Waals surface area contributed by atoms with E-state index in [-0.39, 0.29) is 5.84 Å². The molecule has 0 unspecified atom stereocenters. The number of nitrogen functional groups attached to an aromatic ring is 1. The molecule has 0 saturated heterocycles. The molecule has 2 aromatic rings. The van der Waals surface area contributed by atoms with Gasteiger partial charge in [0.1, 0.15) is 5.84 Å². The van der Waals surface area contributed by atoms with Crippen molar-refractivity contribution in [3.63, 3.8) is 0 Å². The quantitative estimate of drug-likeness (QED) is 0.619. The van der Waals surface area contributed by atoms with Gasteiger partial charge in [0.2, 0.25) is 0 Å². The third-order valence-corrected chi connectivity index (χ3v) is 2.48. The van der Waals surface area contributed by atoms with Gasteiger partial charge in [-0.25, -0.2) is 4.68 Å². The normalized spacial score (nSPS) is 10.2. The third kappa shape index (κ3) is 2.13. The van der Waals surface area contributed by atoms with Crippen molar-refractivity contribution in [3.05, 3.63) is 41.7 Å². The maximum absolute atomic E-state index is 7.58. The van der Waals surface area contributed by atoms with Crippen LogP contribution in [0.2, 0.25) is 0 Å². The third-order valence-electron chi connectivity index (χ3n) is 2.48. The average molecular weight is 230 g/mol. The highest BCUT2D eigenvalue weighted by Gasteiger charge is 2.09. The van der Waals surface area contributed by atoms with Gasteiger partial charge in [-0.1, -0.05) is 11.6 Å². The van der Waals surface area contributed by atoms with E-state index in [0.717, 1.165) is 11.3 Å². The van der Waals surface area contributed by atoms with Crippen LogP contribution < -0.4 is 10.5 Å². The number of methoxy groups -OCH3 is 1. The second kappa shape index (κ2) is 4.29. The fourth-order valence-electron chi connectivity index (χ4n) is 1.61. The van der Waals surface area contributed by atoms with Gasteiger partial charge in [-0.2, -0.15) is 5.10 Å². The van der Waals surface area contributed by atoms with E-state index in [9.17, 15) is 0 Å². The van der Waals surface area contributed by atoms with Crippen molar-refractivity contribution in [2.45, 2.75) is 6.92 Å². The first kappa shape index (κ1) is 11.2. The van der Waals surface area contributed by atoms with Crippen LogP contribution in [0.25, 0.3) is 5.69 Å². The molecule has 1 aromatic carbocycles. The van der Waals surface area contributed by atoms with Crippen LogP contribution in [0.1, 0.15) is 11.1 Å². The van der Waals surface area contributed by atoms with E-state index in [1.165, 1.54) is 0 Å². The minimum Gasteiger partial charge on any atom is -0.493 e. The van der Waals surface area contributed by atoms with Gasteiger partial charge in [-0.15, -0.1) is 0 Å². The first-order valence-corrected chi connectivity index (χ1v) is 5.16. The van der Waals surface area contributed by atoms with Gasteiger partial charge < -0.3 is 10.5 Å². The lowest BCUT2D eigenvalue weighted by Crippen LogP contribution is -2.15. The van der Waals surface area contributed by atoms with Crippen LogP contribution in [-0.4, -0.2) is 22.7 Å². The first-order chi connectivity index (χ1) is 8.11. The molecule has 88 valence electrons. The van der Waals surface area contributed by atoms with Gasteiger partial charge in [-0.3, -0.25) is 5.41 Å². The molecule has 0 aliphatic rings. The molecule has 0 saturated carbocycles. The Labute approximate surface area is 99.3 Å². The largest absolute Gasteiger partial charge is 0.493 e. The van der Waals surface area contributed by atoms with Crippen molar-refractivity contribution in [1.82, 2.24) is 9.78 Å². The standard InChI is InChI=1S/C12H14N4O/c1-8-3-4-11(10(5-8)12(13)14)16-7-9(17-2)6-15-16/h3-7H,1-2H3,(H3,13,14). The predicted octanol–water partition coefficient (Wildman–Crippen LogP) is 1.47. The monoisotopic (exact) mass is 230 g/mol. The van der Waals surface area contributed by atoms with Gasteiger partial charge in [0, 0.05) is 5.56 Å². The molecule has 2 rings (SSSR count). The van der Waals surface area contributed by atoms with Gasteiger partial charge in [0.25, 0.3) is 0 Å². The number of benzene rings is 1. The minimum absolute atomic E-state index is 0.0261. The van der Waals surface area contributed by atoms with Gasteiger partial charge >= 0.3 is 0 Å². The molecule has 1 aromatic heterocycles. The molecule has 0 bridgehead atoms. The molecule has 0 atom stereocenters. The Hall–Kier alpha value is -2.30. The number of ether oxygens (including phenoxy) is 1. The van der Waals surface area contributed by atoms with Crippen LogP contribution in [0, 0.1) is 12.3 Å². The molecule has 0 aliphatic carbocycles. The van der Waals surface area contributed by atoms with E-state index < -0.39 is 0 Å². The lowest BCUT2D eigenvalue weighted by atomic mass is 10.1. The molecule has 1 heterocycles. The smallest absolute Gasteiger partial charge is 0.157 e. The van der Waals surface area contributed by atoms with Crippen molar-refractivity contribution in [2.75, 3.05) is 7.11 Å². The molecule has 5 heteroatoms. The van der Waals surface area contributed by atoms with Crippen molar-refractivity contribution >= 4 is 5.84 Å². The molecule has 0 amide bonds. The van der Waals surface area contributed by atoms with E-state index in [1.807, 2.05) is 25.1 Å². The molecule has 5 nitrogen and oxygen atoms in total. The highest BCUT2D eigenvalue weighted by Crippen LogP contribution is 2.18. The zero-order chi connectivity index (χ0) is 12.4.